The van der Waals surface area contributed by atoms with Gasteiger partial charge in [-0.1, -0.05) is 40.4 Å². The van der Waals surface area contributed by atoms with Crippen molar-refractivity contribution < 1.29 is 144 Å². The Morgan fingerprint density at radius 2 is 0.896 bits per heavy atom. The number of hydroxylamine groups is 5. The van der Waals surface area contributed by atoms with Gasteiger partial charge in [-0.05, 0) is 119 Å². The van der Waals surface area contributed by atoms with Gasteiger partial charge in [0.15, 0.2) is 10.1 Å². The average molecular weight is 1600 g/mol. The molecule has 0 heterocycles. The second kappa shape index (κ2) is 60.9. The number of Topliss-reactive ketones (excluding diaryl/α,β-unsaturated/α-hetero) is 3. The Labute approximate surface area is 635 Å². The Hall–Kier alpha value is -7.07. The third-order valence-electron chi connectivity index (χ3n) is 15.6. The van der Waals surface area contributed by atoms with Crippen LogP contribution in [0, 0.1) is 41.4 Å². The maximum absolute atomic E-state index is 11.6. The molecule has 1 unspecified atom stereocenters. The number of carbonyl (C=O) groups is 15. The van der Waals surface area contributed by atoms with Gasteiger partial charge >= 0.3 is 61.3 Å². The molecule has 6 rings (SSSR count). The number of hydrogen-bond donors (Lipinski definition) is 4. The zero-order chi connectivity index (χ0) is 82.3. The predicted octanol–water partition coefficient (Wildman–Crippen LogP) is 8.92. The Morgan fingerprint density at radius 3 is 1.22 bits per heavy atom. The van der Waals surface area contributed by atoms with Crippen molar-refractivity contribution in [1.29, 1.82) is 0 Å². The predicted molar refractivity (Wildman–Crippen MR) is 385 cm³/mol. The number of esters is 6. The number of nitrogens with one attached hydrogen (secondary N) is 1. The van der Waals surface area contributed by atoms with E-state index in [1.165, 1.54) is 86.1 Å². The third kappa shape index (κ3) is 53.7. The highest BCUT2D eigenvalue weighted by Gasteiger charge is 2.52. The van der Waals surface area contributed by atoms with Gasteiger partial charge in [0, 0.05) is 130 Å². The van der Waals surface area contributed by atoms with E-state index in [2.05, 4.69) is 56.9 Å². The number of rotatable bonds is 30. The van der Waals surface area contributed by atoms with Crippen molar-refractivity contribution in [3.63, 3.8) is 0 Å². The largest absolute Gasteiger partial charge is 0.481 e. The van der Waals surface area contributed by atoms with Crippen LogP contribution in [-0.4, -0.2) is 222 Å². The molecular weight excluding hydrogens is 1490 g/mol. The van der Waals surface area contributed by atoms with E-state index in [4.69, 9.17) is 57.2 Å². The van der Waals surface area contributed by atoms with Crippen molar-refractivity contribution in [2.24, 2.45) is 41.4 Å². The Bertz CT molecular complexity index is 2860. The number of carbonyl (C=O) groups excluding carboxylic acids is 12. The molecule has 0 aromatic carbocycles. The van der Waals surface area contributed by atoms with Gasteiger partial charge in [-0.2, -0.15) is 0 Å². The number of carboxylic acid groups (broad SMARTS) is 3. The van der Waals surface area contributed by atoms with E-state index >= 15 is 0 Å². The summed E-state index contributed by atoms with van der Waals surface area (Å²) in [5.74, 6) is -2.31. The minimum atomic E-state index is -3.27. The first-order valence-electron chi connectivity index (χ1n) is 33.5. The Kier molecular flexibility index (Phi) is 60.5. The molecule has 2 amide bonds. The quantitative estimate of drug-likeness (QED) is 0.00761. The molecule has 0 saturated heterocycles. The molecule has 0 radical (unpaired) electrons. The van der Waals surface area contributed by atoms with Gasteiger partial charge in [0.2, 0.25) is 17.1 Å². The fraction of sp³-hybridized carbons (Fsp3) is 0.696. The summed E-state index contributed by atoms with van der Waals surface area (Å²) >= 11 is 16.1. The fourth-order valence-corrected chi connectivity index (χ4v) is 11.5. The fourth-order valence-electron chi connectivity index (χ4n) is 9.49. The third-order valence-corrected chi connectivity index (χ3v) is 18.6. The molecule has 0 aromatic rings. The summed E-state index contributed by atoms with van der Waals surface area (Å²) in [6.07, 6.45) is 16.3. The van der Waals surface area contributed by atoms with Crippen LogP contribution in [0.3, 0.4) is 0 Å². The van der Waals surface area contributed by atoms with Crippen molar-refractivity contribution in [2.45, 2.75) is 166 Å². The lowest BCUT2D eigenvalue weighted by molar-refractivity contribution is -0.171. The first kappa shape index (κ1) is 105. The molecule has 6 aliphatic carbocycles. The van der Waals surface area contributed by atoms with Gasteiger partial charge in [0.25, 0.3) is 0 Å². The Morgan fingerprint density at radius 1 is 0.528 bits per heavy atom. The molecule has 4 N–H and O–H groups in total. The molecule has 6 saturated carbocycles. The van der Waals surface area contributed by atoms with Crippen LogP contribution in [0.2, 0.25) is 0 Å². The van der Waals surface area contributed by atoms with Gasteiger partial charge in [0.1, 0.15) is 17.7 Å². The van der Waals surface area contributed by atoms with E-state index in [1.807, 2.05) is 0 Å². The van der Waals surface area contributed by atoms with E-state index in [0.29, 0.717) is 114 Å². The van der Waals surface area contributed by atoms with Crippen molar-refractivity contribution >= 4 is 131 Å². The molecule has 0 aromatic heterocycles. The monoisotopic (exact) mass is 1600 g/mol. The standard InChI is InChI=1S/C11H19NO4.C11H17NO4.C9H12O4.C8H10Cl2O3.C7H15O5P.C7H10O3.C6H8O3.C6H10O2.C2H3ClO.C2H7NO/c2*1-12(16-3)10(13)6-8-4-9(5-8)7-11(14)15-2;1-13-9(12)5-7-2-6(3-7)4-8(10)11;1-13-7(12)3-2-5-4-6(11)8(5,9)10;1-4-11-13(9,12-5-2)6-7(8)10-3;8-6-3-5(4-6)1-2-7(9)10;7-5-1-4(2-5)3-6(8)9;1-3-4-5-6(7)8-2;1-2(3)4;1-3-4-2/h8-9H,4-7H2,1-3H3;7-8H,4-6H2,1-3H3;5-6H,2-4H2,1H3,(H,10,11);5H,2-4H2,1H3;4-6H2,1-3H3;5H,1-4H2,(H,9,10);4H,1-3H2,(H,8,9);3H,1,4-5H2,2H3;1H3;3H,1-2H3. The molecule has 0 aliphatic heterocycles. The summed E-state index contributed by atoms with van der Waals surface area (Å²) in [6, 6.07) is 0. The topological polar surface area (TPSA) is 454 Å². The van der Waals surface area contributed by atoms with Gasteiger partial charge in [-0.15, -0.1) is 6.58 Å². The van der Waals surface area contributed by atoms with Crippen molar-refractivity contribution in [2.75, 3.05) is 105 Å². The molecular formula is C69H111Cl3N3O30P. The number of carboxylic acids is 3. The van der Waals surface area contributed by atoms with Crippen LogP contribution in [0.5, 0.6) is 0 Å². The maximum atomic E-state index is 11.6. The molecule has 1 atom stereocenters. The van der Waals surface area contributed by atoms with Crippen molar-refractivity contribution in [3.8, 4) is 0 Å². The second-order valence-corrected chi connectivity index (χ2v) is 28.0. The SMILES string of the molecule is C=CCCC(=O)OC.CC(=O)Cl.CCOP(=O)(CC(=O)OC)OCC.CNOC.COC(=O)C=C1CC(CC(=O)N(C)OC)C1.COC(=O)C=C1CC(CC(=O)O)C1.COC(=O)CC1CC(CC(=O)N(C)OC)C1.COC(=O)CCC1CC(=O)C1(Cl)Cl.O=C(O)CC1CC(=O)C1.O=C(O)CCC1CC(=O)C1. The molecule has 6 fully saturated rings. The van der Waals surface area contributed by atoms with Crippen LogP contribution in [0.15, 0.2) is 36.0 Å². The second-order valence-electron chi connectivity index (χ2n) is 24.0. The number of hydrogen-bond acceptors (Lipinski definition) is 28. The maximum Gasteiger partial charge on any atom is 0.341 e. The number of aliphatic carboxylic acids is 3. The number of allylic oxidation sites excluding steroid dienone is 3. The number of alkyl halides is 2. The van der Waals surface area contributed by atoms with Crippen LogP contribution in [-0.2, 0) is 128 Å². The van der Waals surface area contributed by atoms with E-state index in [9.17, 15) is 76.5 Å². The van der Waals surface area contributed by atoms with E-state index in [1.54, 1.807) is 48.2 Å². The van der Waals surface area contributed by atoms with Crippen LogP contribution >= 0.6 is 42.4 Å². The van der Waals surface area contributed by atoms with E-state index in [0.717, 1.165) is 36.8 Å². The summed E-state index contributed by atoms with van der Waals surface area (Å²) < 4.78 is 46.9. The van der Waals surface area contributed by atoms with Gasteiger partial charge < -0.3 is 57.6 Å². The molecule has 37 heteroatoms. The summed E-state index contributed by atoms with van der Waals surface area (Å²) in [5, 5.41) is 27.0. The minimum absolute atomic E-state index is 0.0102. The zero-order valence-corrected chi connectivity index (χ0v) is 66.7. The van der Waals surface area contributed by atoms with Crippen molar-refractivity contribution in [3.05, 3.63) is 36.0 Å². The number of nitrogens with zero attached hydrogens (tertiary/aromatic N) is 2. The smallest absolute Gasteiger partial charge is 0.341 e. The highest BCUT2D eigenvalue weighted by Crippen LogP contribution is 2.48. The molecule has 6 aliphatic rings. The number of halogens is 3. The van der Waals surface area contributed by atoms with Gasteiger partial charge in [-0.3, -0.25) is 76.6 Å². The highest BCUT2D eigenvalue weighted by molar-refractivity contribution is 7.54. The van der Waals surface area contributed by atoms with E-state index in [-0.39, 0.29) is 127 Å². The van der Waals surface area contributed by atoms with Crippen molar-refractivity contribution in [1.82, 2.24) is 15.6 Å². The summed E-state index contributed by atoms with van der Waals surface area (Å²) in [7, 11) is 14.1. The lowest BCUT2D eigenvalue weighted by Crippen LogP contribution is -2.47. The van der Waals surface area contributed by atoms with Crippen LogP contribution in [0.1, 0.15) is 162 Å². The molecule has 0 spiro atoms. The summed E-state index contributed by atoms with van der Waals surface area (Å²) in [6.45, 7) is 8.61. The average Bonchev–Trinajstić information content (AvgIpc) is 0.777. The lowest BCUT2D eigenvalue weighted by atomic mass is 9.71. The normalized spacial score (nSPS) is 17.9. The summed E-state index contributed by atoms with van der Waals surface area (Å²) in [4.78, 5) is 172. The highest BCUT2D eigenvalue weighted by atomic mass is 35.5. The summed E-state index contributed by atoms with van der Waals surface area (Å²) in [5.41, 5.74) is 4.46. The number of methoxy groups -OCH3 is 6. The first-order chi connectivity index (χ1) is 49.6. The van der Waals surface area contributed by atoms with E-state index < -0.39 is 35.8 Å². The number of ether oxygens (including phenoxy) is 6. The first-order valence-corrected chi connectivity index (χ1v) is 36.4. The zero-order valence-electron chi connectivity index (χ0n) is 63.5. The minimum Gasteiger partial charge on any atom is -0.481 e. The molecule has 0 bridgehead atoms. The molecule has 608 valence electrons. The Balaban J connectivity index is -0.000000557. The van der Waals surface area contributed by atoms with Crippen LogP contribution < -0.4 is 5.48 Å². The van der Waals surface area contributed by atoms with Crippen LogP contribution in [0.25, 0.3) is 0 Å². The lowest BCUT2D eigenvalue weighted by Gasteiger charge is -2.37. The number of ketones is 3. The van der Waals surface area contributed by atoms with Crippen LogP contribution in [0.4, 0.5) is 0 Å². The number of amides is 2. The molecule has 33 nitrogen and oxygen atoms in total. The molecule has 106 heavy (non-hydrogen) atoms. The van der Waals surface area contributed by atoms with Gasteiger partial charge in [0.05, 0.1) is 77.2 Å². The van der Waals surface area contributed by atoms with Gasteiger partial charge in [-0.25, -0.2) is 25.2 Å².